The number of hydrogen-bond acceptors (Lipinski definition) is 2. The van der Waals surface area contributed by atoms with E-state index in [1.54, 1.807) is 0 Å². The van der Waals surface area contributed by atoms with E-state index in [1.807, 2.05) is 6.07 Å². The molecule has 0 bridgehead atoms. The maximum absolute atomic E-state index is 5.24. The lowest BCUT2D eigenvalue weighted by Crippen LogP contribution is -2.14. The van der Waals surface area contributed by atoms with Gasteiger partial charge in [-0.25, -0.2) is 9.97 Å². The number of aromatic nitrogens is 2. The van der Waals surface area contributed by atoms with Crippen molar-refractivity contribution in [2.75, 3.05) is 0 Å². The second kappa shape index (κ2) is 14.6. The van der Waals surface area contributed by atoms with Gasteiger partial charge < -0.3 is 0 Å². The van der Waals surface area contributed by atoms with E-state index in [2.05, 4.69) is 226 Å². The predicted molar refractivity (Wildman–Crippen MR) is 265 cm³/mol. The highest BCUT2D eigenvalue weighted by Crippen LogP contribution is 2.50. The summed E-state index contributed by atoms with van der Waals surface area (Å²) in [5.41, 5.74) is 17.3. The zero-order valence-electron chi connectivity index (χ0n) is 35.2. The Morgan fingerprint density at radius 3 is 1.57 bits per heavy atom. The number of benzene rings is 10. The molecule has 10 aromatic carbocycles. The smallest absolute Gasteiger partial charge is 0.160 e. The molecule has 12 rings (SSSR count). The first-order valence-corrected chi connectivity index (χ1v) is 21.8. The Bertz CT molecular complexity index is 3600. The molecule has 0 atom stereocenters. The van der Waals surface area contributed by atoms with Gasteiger partial charge in [0.1, 0.15) is 0 Å². The third-order valence-electron chi connectivity index (χ3n) is 13.2. The van der Waals surface area contributed by atoms with Crippen molar-refractivity contribution in [3.63, 3.8) is 0 Å². The summed E-state index contributed by atoms with van der Waals surface area (Å²) in [5, 5.41) is 7.55. The molecule has 1 aliphatic carbocycles. The normalized spacial score (nSPS) is 12.7. The second-order valence-corrected chi connectivity index (χ2v) is 17.4. The summed E-state index contributed by atoms with van der Waals surface area (Å²) in [5.74, 6) is 0.702. The average Bonchev–Trinajstić information content (AvgIpc) is 3.58. The van der Waals surface area contributed by atoms with Crippen molar-refractivity contribution in [2.24, 2.45) is 0 Å². The van der Waals surface area contributed by atoms with Gasteiger partial charge in [-0.15, -0.1) is 0 Å². The van der Waals surface area contributed by atoms with Gasteiger partial charge in [0.15, 0.2) is 5.82 Å². The Hall–Kier alpha value is -7.94. The molecule has 0 spiro atoms. The fourth-order valence-electron chi connectivity index (χ4n) is 10.0. The SMILES string of the molecule is CC1(C)c2ccccc2-c2ccc(-c3cccc(-c4cc(-c5cccc(-c6cccc(-c7c8ccccc8cc8c7ccc7ccccc78)c6)c5)nc(-c5ccccc5)n4)c3)cc21. The minimum absolute atomic E-state index is 0.0683. The van der Waals surface area contributed by atoms with Crippen LogP contribution in [-0.2, 0) is 5.41 Å². The molecule has 0 fully saturated rings. The molecule has 2 heteroatoms. The molecule has 0 N–H and O–H groups in total. The molecule has 11 aromatic rings. The zero-order valence-corrected chi connectivity index (χ0v) is 35.2. The van der Waals surface area contributed by atoms with Crippen molar-refractivity contribution in [2.45, 2.75) is 19.3 Å². The third-order valence-corrected chi connectivity index (χ3v) is 13.2. The molecule has 0 radical (unpaired) electrons. The van der Waals surface area contributed by atoms with Crippen LogP contribution in [0.25, 0.3) is 111 Å². The number of hydrogen-bond donors (Lipinski definition) is 0. The highest BCUT2D eigenvalue weighted by Gasteiger charge is 2.35. The van der Waals surface area contributed by atoms with E-state index in [9.17, 15) is 0 Å². The summed E-state index contributed by atoms with van der Waals surface area (Å²) in [7, 11) is 0. The Morgan fingerprint density at radius 1 is 0.302 bits per heavy atom. The Labute approximate surface area is 367 Å². The average molecular weight is 803 g/mol. The van der Waals surface area contributed by atoms with E-state index in [1.165, 1.54) is 71.3 Å². The highest BCUT2D eigenvalue weighted by atomic mass is 14.9. The number of nitrogens with zero attached hydrogens (tertiary/aromatic N) is 2. The van der Waals surface area contributed by atoms with Crippen LogP contribution in [0.3, 0.4) is 0 Å². The largest absolute Gasteiger partial charge is 0.228 e. The molecule has 296 valence electrons. The van der Waals surface area contributed by atoms with E-state index in [4.69, 9.17) is 9.97 Å². The van der Waals surface area contributed by atoms with Gasteiger partial charge in [-0.2, -0.15) is 0 Å². The fraction of sp³-hybridized carbons (Fsp3) is 0.0492. The minimum atomic E-state index is -0.0683. The fourth-order valence-corrected chi connectivity index (χ4v) is 10.0. The van der Waals surface area contributed by atoms with Crippen molar-refractivity contribution in [3.05, 3.63) is 230 Å². The lowest BCUT2D eigenvalue weighted by molar-refractivity contribution is 0.660. The van der Waals surface area contributed by atoms with Crippen LogP contribution >= 0.6 is 0 Å². The number of rotatable bonds is 6. The monoisotopic (exact) mass is 802 g/mol. The molecule has 1 aromatic heterocycles. The van der Waals surface area contributed by atoms with Gasteiger partial charge in [-0.1, -0.05) is 196 Å². The summed E-state index contributed by atoms with van der Waals surface area (Å²) in [6.07, 6.45) is 0. The van der Waals surface area contributed by atoms with Gasteiger partial charge in [0.2, 0.25) is 0 Å². The van der Waals surface area contributed by atoms with Crippen LogP contribution in [0, 0.1) is 0 Å². The van der Waals surface area contributed by atoms with Gasteiger partial charge in [-0.05, 0) is 124 Å². The summed E-state index contributed by atoms with van der Waals surface area (Å²) in [4.78, 5) is 10.5. The molecule has 0 amide bonds. The number of fused-ring (bicyclic) bond motifs is 7. The Morgan fingerprint density at radius 2 is 0.841 bits per heavy atom. The quantitative estimate of drug-likeness (QED) is 0.124. The van der Waals surface area contributed by atoms with Crippen molar-refractivity contribution in [1.82, 2.24) is 9.97 Å². The van der Waals surface area contributed by atoms with Crippen LogP contribution < -0.4 is 0 Å². The molecular formula is C61H42N2. The molecule has 0 saturated carbocycles. The maximum atomic E-state index is 5.24. The topological polar surface area (TPSA) is 25.8 Å². The van der Waals surface area contributed by atoms with Crippen LogP contribution in [0.15, 0.2) is 218 Å². The Kier molecular flexibility index (Phi) is 8.55. The van der Waals surface area contributed by atoms with Crippen LogP contribution in [0.4, 0.5) is 0 Å². The molecule has 0 saturated heterocycles. The molecule has 1 heterocycles. The van der Waals surface area contributed by atoms with E-state index in [0.717, 1.165) is 44.8 Å². The Balaban J connectivity index is 0.952. The summed E-state index contributed by atoms with van der Waals surface area (Å²) in [6.45, 7) is 4.68. The molecule has 2 nitrogen and oxygen atoms in total. The van der Waals surface area contributed by atoms with Crippen molar-refractivity contribution in [1.29, 1.82) is 0 Å². The minimum Gasteiger partial charge on any atom is -0.228 e. The van der Waals surface area contributed by atoms with Crippen molar-refractivity contribution < 1.29 is 0 Å². The standard InChI is InChI=1S/C61H42N2/c1-61(2)55-28-11-10-27-51(55)52-31-30-44(37-56(52)61)42-20-13-23-47(34-42)58-38-57(62-60(63-58)40-16-4-3-5-17-40)46-22-12-19-41(33-46)43-21-14-24-48(35-43)59-50-26-9-7-18-45(50)36-54-49-25-8-6-15-39(49)29-32-53(54)59/h3-38H,1-2H3. The summed E-state index contributed by atoms with van der Waals surface area (Å²) >= 11 is 0. The predicted octanol–water partition coefficient (Wildman–Crippen LogP) is 16.2. The van der Waals surface area contributed by atoms with Crippen LogP contribution in [-0.4, -0.2) is 9.97 Å². The van der Waals surface area contributed by atoms with E-state index >= 15 is 0 Å². The van der Waals surface area contributed by atoms with Gasteiger partial charge in [0.25, 0.3) is 0 Å². The van der Waals surface area contributed by atoms with Gasteiger partial charge >= 0.3 is 0 Å². The van der Waals surface area contributed by atoms with Crippen LogP contribution in [0.1, 0.15) is 25.0 Å². The maximum Gasteiger partial charge on any atom is 0.160 e. The van der Waals surface area contributed by atoms with Crippen LogP contribution in [0.2, 0.25) is 0 Å². The van der Waals surface area contributed by atoms with E-state index in [-0.39, 0.29) is 5.41 Å². The third kappa shape index (κ3) is 6.25. The van der Waals surface area contributed by atoms with Gasteiger partial charge in [0.05, 0.1) is 11.4 Å². The highest BCUT2D eigenvalue weighted by molar-refractivity contribution is 6.20. The zero-order chi connectivity index (χ0) is 42.1. The van der Waals surface area contributed by atoms with Gasteiger partial charge in [0, 0.05) is 22.1 Å². The van der Waals surface area contributed by atoms with E-state index in [0.29, 0.717) is 5.82 Å². The lowest BCUT2D eigenvalue weighted by Gasteiger charge is -2.22. The summed E-state index contributed by atoms with van der Waals surface area (Å²) in [6, 6.07) is 79.2. The first kappa shape index (κ1) is 36.9. The molecular weight excluding hydrogens is 761 g/mol. The van der Waals surface area contributed by atoms with Gasteiger partial charge in [-0.3, -0.25) is 0 Å². The first-order chi connectivity index (χ1) is 31.0. The first-order valence-electron chi connectivity index (χ1n) is 21.8. The van der Waals surface area contributed by atoms with Crippen LogP contribution in [0.5, 0.6) is 0 Å². The molecule has 63 heavy (non-hydrogen) atoms. The molecule has 0 unspecified atom stereocenters. The second-order valence-electron chi connectivity index (χ2n) is 17.4. The molecule has 1 aliphatic rings. The lowest BCUT2D eigenvalue weighted by atomic mass is 9.81. The van der Waals surface area contributed by atoms with E-state index < -0.39 is 0 Å². The van der Waals surface area contributed by atoms with Crippen molar-refractivity contribution >= 4 is 32.3 Å². The van der Waals surface area contributed by atoms with Crippen molar-refractivity contribution in [3.8, 4) is 78.4 Å². The summed E-state index contributed by atoms with van der Waals surface area (Å²) < 4.78 is 0. The molecule has 0 aliphatic heterocycles.